The molecule has 0 aromatic rings. The van der Waals surface area contributed by atoms with Gasteiger partial charge in [0.05, 0.1) is 24.9 Å². The van der Waals surface area contributed by atoms with Crippen molar-refractivity contribution in [1.82, 2.24) is 0 Å². The van der Waals surface area contributed by atoms with E-state index in [1.54, 1.807) is 6.08 Å². The molecule has 7 N–H and O–H groups in total. The predicted molar refractivity (Wildman–Crippen MR) is 139 cm³/mol. The van der Waals surface area contributed by atoms with Gasteiger partial charge in [-0.05, 0) is 32.3 Å². The Morgan fingerprint density at radius 2 is 1.63 bits per heavy atom. The molecule has 14 atom stereocenters. The quantitative estimate of drug-likeness (QED) is 0.0986. The van der Waals surface area contributed by atoms with E-state index < -0.39 is 98.4 Å². The van der Waals surface area contributed by atoms with E-state index in [2.05, 4.69) is 0 Å². The Labute approximate surface area is 239 Å². The third kappa shape index (κ3) is 8.43. The summed E-state index contributed by atoms with van der Waals surface area (Å²) in [4.78, 5) is 11.8. The zero-order valence-electron chi connectivity index (χ0n) is 23.7. The number of aliphatic hydroxyl groups is 6. The molecule has 3 saturated heterocycles. The maximum absolute atomic E-state index is 11.8. The molecule has 0 aromatic carbocycles. The van der Waals surface area contributed by atoms with Gasteiger partial charge in [0, 0.05) is 6.61 Å². The monoisotopic (exact) mass is 594 g/mol. The average Bonchev–Trinajstić information content (AvgIpc) is 2.95. The Morgan fingerprint density at radius 3 is 2.27 bits per heavy atom. The molecule has 0 spiro atoms. The van der Waals surface area contributed by atoms with E-state index >= 15 is 0 Å². The lowest BCUT2D eigenvalue weighted by atomic mass is 9.96. The normalized spacial score (nSPS) is 42.8. The summed E-state index contributed by atoms with van der Waals surface area (Å²) in [6.45, 7) is 4.96. The van der Waals surface area contributed by atoms with Crippen LogP contribution in [0.4, 0.5) is 0 Å². The van der Waals surface area contributed by atoms with Crippen LogP contribution >= 0.6 is 0 Å². The second-order valence-electron chi connectivity index (χ2n) is 10.7. The van der Waals surface area contributed by atoms with Gasteiger partial charge in [0.25, 0.3) is 0 Å². The molecule has 14 nitrogen and oxygen atoms in total. The van der Waals surface area contributed by atoms with E-state index in [0.29, 0.717) is 12.8 Å². The van der Waals surface area contributed by atoms with Crippen molar-refractivity contribution < 1.29 is 69.0 Å². The second-order valence-corrected chi connectivity index (χ2v) is 10.7. The minimum absolute atomic E-state index is 0.257. The smallest absolute Gasteiger partial charge is 0.336 e. The van der Waals surface area contributed by atoms with Crippen molar-refractivity contribution in [2.45, 2.75) is 139 Å². The van der Waals surface area contributed by atoms with Crippen LogP contribution in [0.25, 0.3) is 0 Å². The summed E-state index contributed by atoms with van der Waals surface area (Å²) in [5.74, 6) is -1.32. The number of hydrogen-bond donors (Lipinski definition) is 7. The van der Waals surface area contributed by atoms with Gasteiger partial charge in [-0.2, -0.15) is 0 Å². The number of hydrogen-bond acceptors (Lipinski definition) is 13. The van der Waals surface area contributed by atoms with E-state index in [1.807, 2.05) is 13.8 Å². The molecule has 14 heteroatoms. The molecule has 3 fully saturated rings. The molecular weight excluding hydrogens is 548 g/mol. The molecule has 0 aliphatic carbocycles. The van der Waals surface area contributed by atoms with Crippen molar-refractivity contribution in [2.75, 3.05) is 13.2 Å². The van der Waals surface area contributed by atoms with E-state index in [-0.39, 0.29) is 13.0 Å². The van der Waals surface area contributed by atoms with E-state index in [4.69, 9.17) is 28.4 Å². The molecule has 3 aliphatic heterocycles. The number of ether oxygens (including phenoxy) is 6. The Hall–Kier alpha value is -1.27. The highest BCUT2D eigenvalue weighted by Crippen LogP contribution is 2.33. The first-order valence-electron chi connectivity index (χ1n) is 14.3. The SMILES string of the molecule is CCCC/C=C\C(OC1C(O)C(CO)OC(OC2CCOC(CC)C2OC2OC(C)C(O)C(O)C2O)C1O)C(=O)O. The Kier molecular flexibility index (Phi) is 13.3. The fourth-order valence-electron chi connectivity index (χ4n) is 5.18. The third-order valence-electron chi connectivity index (χ3n) is 7.68. The van der Waals surface area contributed by atoms with E-state index in [1.165, 1.54) is 13.0 Å². The number of carboxylic acids is 1. The lowest BCUT2D eigenvalue weighted by Gasteiger charge is -2.47. The molecule has 0 aromatic heterocycles. The number of aliphatic hydroxyl groups excluding tert-OH is 6. The van der Waals surface area contributed by atoms with Crippen LogP contribution in [-0.2, 0) is 33.2 Å². The molecule has 14 unspecified atom stereocenters. The highest BCUT2D eigenvalue weighted by Gasteiger charge is 2.50. The summed E-state index contributed by atoms with van der Waals surface area (Å²) in [5, 5.41) is 72.1. The maximum Gasteiger partial charge on any atom is 0.336 e. The Morgan fingerprint density at radius 1 is 0.927 bits per heavy atom. The summed E-state index contributed by atoms with van der Waals surface area (Å²) in [6, 6.07) is 0. The first-order chi connectivity index (χ1) is 19.5. The molecular formula is C27H46O14. The van der Waals surface area contributed by atoms with Gasteiger partial charge in [-0.15, -0.1) is 0 Å². The molecule has 3 heterocycles. The Bertz CT molecular complexity index is 828. The molecule has 0 radical (unpaired) electrons. The summed E-state index contributed by atoms with van der Waals surface area (Å²) in [6.07, 6.45) is -11.6. The minimum atomic E-state index is -1.66. The van der Waals surface area contributed by atoms with E-state index in [0.717, 1.165) is 12.8 Å². The summed E-state index contributed by atoms with van der Waals surface area (Å²) in [7, 11) is 0. The molecule has 238 valence electrons. The van der Waals surface area contributed by atoms with Gasteiger partial charge in [-0.25, -0.2) is 4.79 Å². The van der Waals surface area contributed by atoms with Gasteiger partial charge in [0.1, 0.15) is 48.8 Å². The lowest BCUT2D eigenvalue weighted by Crippen LogP contribution is -2.63. The van der Waals surface area contributed by atoms with Crippen LogP contribution in [0.1, 0.15) is 52.9 Å². The first-order valence-corrected chi connectivity index (χ1v) is 14.3. The third-order valence-corrected chi connectivity index (χ3v) is 7.68. The fraction of sp³-hybridized carbons (Fsp3) is 0.889. The number of unbranched alkanes of at least 4 members (excludes halogenated alkanes) is 2. The standard InChI is InChI=1S/C27H46O14/c1-4-6-7-8-9-16(25(34)35)38-24-19(30)17(12-28)40-27(22(24)33)39-15-10-11-36-14(5-2)23(15)41-26-21(32)20(31)18(29)13(3)37-26/h8-9,13-24,26-33H,4-7,10-12H2,1-3H3,(H,34,35)/b9-8-. The van der Waals surface area contributed by atoms with Gasteiger partial charge in [-0.3, -0.25) is 0 Å². The van der Waals surface area contributed by atoms with Gasteiger partial charge in [-0.1, -0.05) is 32.8 Å². The van der Waals surface area contributed by atoms with Gasteiger partial charge in [0.2, 0.25) is 0 Å². The number of aliphatic carboxylic acids is 1. The van der Waals surface area contributed by atoms with Crippen molar-refractivity contribution in [1.29, 1.82) is 0 Å². The topological polar surface area (TPSA) is 214 Å². The van der Waals surface area contributed by atoms with Crippen LogP contribution in [-0.4, -0.2) is 141 Å². The van der Waals surface area contributed by atoms with Gasteiger partial charge in [0.15, 0.2) is 18.7 Å². The van der Waals surface area contributed by atoms with Gasteiger partial charge < -0.3 is 64.2 Å². The van der Waals surface area contributed by atoms with Crippen LogP contribution in [0.2, 0.25) is 0 Å². The zero-order chi connectivity index (χ0) is 30.3. The van der Waals surface area contributed by atoms with Crippen molar-refractivity contribution in [3.05, 3.63) is 12.2 Å². The van der Waals surface area contributed by atoms with E-state index in [9.17, 15) is 40.5 Å². The number of rotatable bonds is 13. The van der Waals surface area contributed by atoms with Crippen LogP contribution in [0, 0.1) is 0 Å². The summed E-state index contributed by atoms with van der Waals surface area (Å²) >= 11 is 0. The summed E-state index contributed by atoms with van der Waals surface area (Å²) < 4.78 is 34.8. The molecule has 41 heavy (non-hydrogen) atoms. The van der Waals surface area contributed by atoms with Crippen LogP contribution in [0.5, 0.6) is 0 Å². The fourth-order valence-corrected chi connectivity index (χ4v) is 5.18. The molecule has 3 aliphatic rings. The highest BCUT2D eigenvalue weighted by molar-refractivity contribution is 5.74. The molecule has 3 rings (SSSR count). The second kappa shape index (κ2) is 16.0. The highest BCUT2D eigenvalue weighted by atomic mass is 16.7. The molecule has 0 bridgehead atoms. The van der Waals surface area contributed by atoms with Crippen LogP contribution in [0.15, 0.2) is 12.2 Å². The number of carbonyl (C=O) groups is 1. The predicted octanol–water partition coefficient (Wildman–Crippen LogP) is -1.19. The van der Waals surface area contributed by atoms with Crippen LogP contribution in [0.3, 0.4) is 0 Å². The number of allylic oxidation sites excluding steroid dienone is 1. The largest absolute Gasteiger partial charge is 0.479 e. The molecule has 0 amide bonds. The minimum Gasteiger partial charge on any atom is -0.479 e. The first kappa shape index (κ1) is 34.2. The maximum atomic E-state index is 11.8. The Balaban J connectivity index is 1.78. The number of carboxylic acid groups (broad SMARTS) is 1. The van der Waals surface area contributed by atoms with Crippen molar-refractivity contribution in [3.63, 3.8) is 0 Å². The summed E-state index contributed by atoms with van der Waals surface area (Å²) in [5.41, 5.74) is 0. The molecule has 0 saturated carbocycles. The zero-order valence-corrected chi connectivity index (χ0v) is 23.7. The van der Waals surface area contributed by atoms with Crippen molar-refractivity contribution in [2.24, 2.45) is 0 Å². The average molecular weight is 595 g/mol. The lowest BCUT2D eigenvalue weighted by molar-refractivity contribution is -0.355. The van der Waals surface area contributed by atoms with Crippen molar-refractivity contribution in [3.8, 4) is 0 Å². The van der Waals surface area contributed by atoms with Crippen molar-refractivity contribution >= 4 is 5.97 Å². The van der Waals surface area contributed by atoms with Crippen LogP contribution < -0.4 is 0 Å². The van der Waals surface area contributed by atoms with Gasteiger partial charge >= 0.3 is 5.97 Å².